The zero-order valence-corrected chi connectivity index (χ0v) is 18.3. The van der Waals surface area contributed by atoms with Crippen LogP contribution >= 0.6 is 0 Å². The van der Waals surface area contributed by atoms with Gasteiger partial charge < -0.3 is 9.32 Å². The van der Waals surface area contributed by atoms with Gasteiger partial charge in [0.2, 0.25) is 5.89 Å². The average Bonchev–Trinajstić information content (AvgIpc) is 3.34. The first-order valence-electron chi connectivity index (χ1n) is 10.5. The molecule has 1 aromatic carbocycles. The SMILES string of the molecule is Cc1nnc(-c2cc(C(C)(C)C)n(-c3ccc(C(=O)N4CCC[C@H](C)C4)cc3)n2)o1. The second kappa shape index (κ2) is 7.70. The van der Waals surface area contributed by atoms with Gasteiger partial charge in [0.25, 0.3) is 11.8 Å². The molecule has 0 radical (unpaired) electrons. The number of likely N-dealkylation sites (tertiary alicyclic amines) is 1. The zero-order chi connectivity index (χ0) is 21.5. The molecule has 1 fully saturated rings. The molecule has 1 aliphatic heterocycles. The number of hydrogen-bond donors (Lipinski definition) is 0. The predicted octanol–water partition coefficient (Wildman–Crippen LogP) is 4.40. The van der Waals surface area contributed by atoms with E-state index in [9.17, 15) is 4.79 Å². The zero-order valence-electron chi connectivity index (χ0n) is 18.3. The predicted molar refractivity (Wildman–Crippen MR) is 115 cm³/mol. The Morgan fingerprint density at radius 2 is 1.90 bits per heavy atom. The quantitative estimate of drug-likeness (QED) is 0.643. The number of nitrogens with zero attached hydrogens (tertiary/aromatic N) is 5. The van der Waals surface area contributed by atoms with Crippen LogP contribution in [0.4, 0.5) is 0 Å². The van der Waals surface area contributed by atoms with E-state index in [1.54, 1.807) is 6.92 Å². The van der Waals surface area contributed by atoms with Gasteiger partial charge in [0.1, 0.15) is 5.69 Å². The van der Waals surface area contributed by atoms with Crippen LogP contribution < -0.4 is 0 Å². The number of carbonyl (C=O) groups excluding carboxylic acids is 1. The fourth-order valence-corrected chi connectivity index (χ4v) is 3.92. The van der Waals surface area contributed by atoms with E-state index in [0.717, 1.165) is 30.9 Å². The topological polar surface area (TPSA) is 77.1 Å². The van der Waals surface area contributed by atoms with Gasteiger partial charge in [-0.15, -0.1) is 10.2 Å². The smallest absolute Gasteiger partial charge is 0.268 e. The van der Waals surface area contributed by atoms with Gasteiger partial charge in [0, 0.05) is 31.0 Å². The Morgan fingerprint density at radius 3 is 2.50 bits per heavy atom. The summed E-state index contributed by atoms with van der Waals surface area (Å²) >= 11 is 0. The highest BCUT2D eigenvalue weighted by molar-refractivity contribution is 5.94. The Labute approximate surface area is 177 Å². The molecule has 0 aliphatic carbocycles. The van der Waals surface area contributed by atoms with Crippen LogP contribution in [0.2, 0.25) is 0 Å². The second-order valence-electron chi connectivity index (χ2n) is 9.25. The Kier molecular flexibility index (Phi) is 5.22. The first-order valence-corrected chi connectivity index (χ1v) is 10.5. The molecule has 0 saturated carbocycles. The summed E-state index contributed by atoms with van der Waals surface area (Å²) < 4.78 is 7.46. The van der Waals surface area contributed by atoms with Crippen molar-refractivity contribution in [3.05, 3.63) is 47.5 Å². The minimum Gasteiger partial charge on any atom is -0.420 e. The van der Waals surface area contributed by atoms with Gasteiger partial charge in [-0.3, -0.25) is 4.79 Å². The van der Waals surface area contributed by atoms with E-state index in [1.807, 2.05) is 39.9 Å². The molecule has 0 unspecified atom stereocenters. The molecule has 7 heteroatoms. The van der Waals surface area contributed by atoms with Gasteiger partial charge in [-0.05, 0) is 49.1 Å². The van der Waals surface area contributed by atoms with E-state index in [2.05, 4.69) is 37.9 Å². The first-order chi connectivity index (χ1) is 14.2. The van der Waals surface area contributed by atoms with Gasteiger partial charge in [-0.1, -0.05) is 27.7 Å². The summed E-state index contributed by atoms with van der Waals surface area (Å²) in [6.45, 7) is 12.1. The van der Waals surface area contributed by atoms with Crippen LogP contribution in [0.3, 0.4) is 0 Å². The summed E-state index contributed by atoms with van der Waals surface area (Å²) in [5.41, 5.74) is 3.13. The van der Waals surface area contributed by atoms with Gasteiger partial charge in [-0.2, -0.15) is 5.10 Å². The van der Waals surface area contributed by atoms with E-state index >= 15 is 0 Å². The van der Waals surface area contributed by atoms with Gasteiger partial charge in [0.05, 0.1) is 11.4 Å². The summed E-state index contributed by atoms with van der Waals surface area (Å²) in [6.07, 6.45) is 2.27. The van der Waals surface area contributed by atoms with Crippen molar-refractivity contribution in [2.45, 2.75) is 52.9 Å². The minimum atomic E-state index is -0.140. The monoisotopic (exact) mass is 407 g/mol. The highest BCUT2D eigenvalue weighted by Gasteiger charge is 2.25. The second-order valence-corrected chi connectivity index (χ2v) is 9.25. The number of aryl methyl sites for hydroxylation is 1. The van der Waals surface area contributed by atoms with Crippen LogP contribution in [0, 0.1) is 12.8 Å². The molecule has 0 bridgehead atoms. The molecule has 1 saturated heterocycles. The third kappa shape index (κ3) is 4.01. The lowest BCUT2D eigenvalue weighted by Crippen LogP contribution is -2.39. The largest absolute Gasteiger partial charge is 0.420 e. The molecular weight excluding hydrogens is 378 g/mol. The summed E-state index contributed by atoms with van der Waals surface area (Å²) in [5.74, 6) is 1.58. The maximum atomic E-state index is 12.9. The highest BCUT2D eigenvalue weighted by atomic mass is 16.4. The third-order valence-electron chi connectivity index (χ3n) is 5.53. The van der Waals surface area contributed by atoms with E-state index < -0.39 is 0 Å². The van der Waals surface area contributed by atoms with Crippen molar-refractivity contribution in [3.8, 4) is 17.3 Å². The summed E-state index contributed by atoms with van der Waals surface area (Å²) in [5, 5.41) is 12.7. The maximum absolute atomic E-state index is 12.9. The molecule has 0 spiro atoms. The first kappa shape index (κ1) is 20.3. The van der Waals surface area contributed by atoms with Crippen molar-refractivity contribution in [2.24, 2.45) is 5.92 Å². The van der Waals surface area contributed by atoms with Gasteiger partial charge >= 0.3 is 0 Å². The molecule has 1 aliphatic rings. The summed E-state index contributed by atoms with van der Waals surface area (Å²) in [7, 11) is 0. The van der Waals surface area contributed by atoms with E-state index in [0.29, 0.717) is 29.0 Å². The molecule has 3 aromatic rings. The molecule has 2 aromatic heterocycles. The van der Waals surface area contributed by atoms with Gasteiger partial charge in [-0.25, -0.2) is 4.68 Å². The number of rotatable bonds is 3. The summed E-state index contributed by atoms with van der Waals surface area (Å²) in [4.78, 5) is 14.9. The summed E-state index contributed by atoms with van der Waals surface area (Å²) in [6, 6.07) is 9.67. The number of piperidine rings is 1. The van der Waals surface area contributed by atoms with E-state index in [1.165, 1.54) is 6.42 Å². The molecule has 1 amide bonds. The average molecular weight is 408 g/mol. The lowest BCUT2D eigenvalue weighted by molar-refractivity contribution is 0.0683. The maximum Gasteiger partial charge on any atom is 0.268 e. The normalized spacial score (nSPS) is 17.4. The number of carbonyl (C=O) groups is 1. The Hall–Kier alpha value is -2.96. The molecule has 7 nitrogen and oxygen atoms in total. The van der Waals surface area contributed by atoms with Crippen molar-refractivity contribution in [1.29, 1.82) is 0 Å². The van der Waals surface area contributed by atoms with Crippen molar-refractivity contribution in [3.63, 3.8) is 0 Å². The van der Waals surface area contributed by atoms with Crippen molar-refractivity contribution in [2.75, 3.05) is 13.1 Å². The van der Waals surface area contributed by atoms with Crippen LogP contribution in [0.1, 0.15) is 62.5 Å². The van der Waals surface area contributed by atoms with Crippen molar-refractivity contribution in [1.82, 2.24) is 24.9 Å². The Morgan fingerprint density at radius 1 is 1.17 bits per heavy atom. The number of aromatic nitrogens is 4. The van der Waals surface area contributed by atoms with Crippen molar-refractivity contribution < 1.29 is 9.21 Å². The lowest BCUT2D eigenvalue weighted by Gasteiger charge is -2.31. The number of amides is 1. The fraction of sp³-hybridized carbons (Fsp3) is 0.478. The molecular formula is C23H29N5O2. The number of hydrogen-bond acceptors (Lipinski definition) is 5. The van der Waals surface area contributed by atoms with Crippen LogP contribution in [-0.2, 0) is 5.41 Å². The van der Waals surface area contributed by atoms with E-state index in [4.69, 9.17) is 9.52 Å². The van der Waals surface area contributed by atoms with Crippen LogP contribution in [0.15, 0.2) is 34.7 Å². The van der Waals surface area contributed by atoms with Crippen molar-refractivity contribution >= 4 is 5.91 Å². The molecule has 3 heterocycles. The molecule has 1 atom stereocenters. The molecule has 158 valence electrons. The van der Waals surface area contributed by atoms with Gasteiger partial charge in [0.15, 0.2) is 0 Å². The number of benzene rings is 1. The van der Waals surface area contributed by atoms with Crippen LogP contribution in [-0.4, -0.2) is 43.9 Å². The lowest BCUT2D eigenvalue weighted by atomic mass is 9.91. The standard InChI is InChI=1S/C23H29N5O2/c1-15-7-6-12-27(14-15)22(29)17-8-10-18(11-9-17)28-20(23(3,4)5)13-19(26-28)21-25-24-16(2)30-21/h8-11,13,15H,6-7,12,14H2,1-5H3/t15-/m0/s1. The Balaban J connectivity index is 1.65. The van der Waals surface area contributed by atoms with Crippen LogP contribution in [0.5, 0.6) is 0 Å². The molecule has 0 N–H and O–H groups in total. The fourth-order valence-electron chi connectivity index (χ4n) is 3.92. The molecule has 30 heavy (non-hydrogen) atoms. The minimum absolute atomic E-state index is 0.103. The highest BCUT2D eigenvalue weighted by Crippen LogP contribution is 2.29. The van der Waals surface area contributed by atoms with E-state index in [-0.39, 0.29) is 11.3 Å². The molecule has 4 rings (SSSR count). The Bertz CT molecular complexity index is 1040. The third-order valence-corrected chi connectivity index (χ3v) is 5.53. The van der Waals surface area contributed by atoms with Crippen LogP contribution in [0.25, 0.3) is 17.3 Å².